The number of aliphatic hydroxyl groups excluding tert-OH is 1. The number of benzene rings is 2. The molecule has 0 saturated carbocycles. The predicted octanol–water partition coefficient (Wildman–Crippen LogP) is 3.57. The third-order valence-electron chi connectivity index (χ3n) is 10.1. The number of amides is 2. The summed E-state index contributed by atoms with van der Waals surface area (Å²) in [5.41, 5.74) is 0.553. The fraction of sp³-hybridized carbons (Fsp3) is 0.457. The average molecular weight is 662 g/mol. The molecule has 3 aliphatic heterocycles. The van der Waals surface area contributed by atoms with Crippen LogP contribution in [0.1, 0.15) is 37.3 Å². The van der Waals surface area contributed by atoms with Gasteiger partial charge in [-0.1, -0.05) is 19.1 Å². The van der Waals surface area contributed by atoms with Crippen LogP contribution in [0.25, 0.3) is 5.69 Å². The molecule has 12 heteroatoms. The van der Waals surface area contributed by atoms with Crippen LogP contribution in [-0.2, 0) is 26.5 Å². The largest absolute Gasteiger partial charge is 0.497 e. The van der Waals surface area contributed by atoms with E-state index in [0.717, 1.165) is 18.4 Å². The molecule has 1 aromatic heterocycles. The quantitative estimate of drug-likeness (QED) is 0.333. The maximum Gasteiger partial charge on any atom is 0.297 e. The molecule has 250 valence electrons. The van der Waals surface area contributed by atoms with Crippen molar-refractivity contribution in [3.05, 3.63) is 82.3 Å². The first kappa shape index (κ1) is 32.9. The molecule has 11 nitrogen and oxygen atoms in total. The molecule has 2 amide bonds. The number of aliphatic hydroxyl groups is 1. The van der Waals surface area contributed by atoms with Gasteiger partial charge >= 0.3 is 0 Å². The molecule has 4 heterocycles. The summed E-state index contributed by atoms with van der Waals surface area (Å²) in [5.74, 6) is -0.0855. The van der Waals surface area contributed by atoms with E-state index in [2.05, 4.69) is 0 Å². The van der Waals surface area contributed by atoms with Gasteiger partial charge in [0, 0.05) is 35.5 Å². The molecule has 0 bridgehead atoms. The van der Waals surface area contributed by atoms with Crippen molar-refractivity contribution in [2.45, 2.75) is 69.1 Å². The first-order chi connectivity index (χ1) is 22.4. The van der Waals surface area contributed by atoms with Crippen LogP contribution < -0.4 is 19.9 Å². The van der Waals surface area contributed by atoms with Crippen LogP contribution in [-0.4, -0.2) is 79.0 Å². The molecule has 47 heavy (non-hydrogen) atoms. The summed E-state index contributed by atoms with van der Waals surface area (Å²) in [4.78, 5) is 56.5. The Kier molecular flexibility index (Phi) is 8.81. The highest BCUT2D eigenvalue weighted by atomic mass is 28.4. The highest BCUT2D eigenvalue weighted by molar-refractivity contribution is 6.71. The predicted molar refractivity (Wildman–Crippen MR) is 178 cm³/mol. The van der Waals surface area contributed by atoms with Crippen LogP contribution in [0.2, 0.25) is 18.6 Å². The Morgan fingerprint density at radius 1 is 1.09 bits per heavy atom. The summed E-state index contributed by atoms with van der Waals surface area (Å²) in [5, 5.41) is 9.86. The van der Waals surface area contributed by atoms with Crippen molar-refractivity contribution >= 4 is 25.8 Å². The lowest BCUT2D eigenvalue weighted by Crippen LogP contribution is -2.46. The number of carbonyl (C=O) groups excluding carboxylic acids is 2. The number of ether oxygens (including phenoxy) is 3. The van der Waals surface area contributed by atoms with E-state index in [1.165, 1.54) is 11.7 Å². The number of nitrogens with zero attached hydrogens (tertiary/aromatic N) is 3. The highest BCUT2D eigenvalue weighted by Gasteiger charge is 2.66. The van der Waals surface area contributed by atoms with Crippen LogP contribution in [0.5, 0.6) is 11.5 Å². The lowest BCUT2D eigenvalue weighted by Gasteiger charge is -2.33. The van der Waals surface area contributed by atoms with Crippen molar-refractivity contribution < 1.29 is 33.7 Å². The number of methoxy groups -OCH3 is 2. The second-order valence-corrected chi connectivity index (χ2v) is 17.3. The number of hydrogen-bond donors (Lipinski definition) is 2. The van der Waals surface area contributed by atoms with Gasteiger partial charge in [0.1, 0.15) is 5.75 Å². The summed E-state index contributed by atoms with van der Waals surface area (Å²) in [6.07, 6.45) is 2.54. The van der Waals surface area contributed by atoms with Gasteiger partial charge < -0.3 is 33.9 Å². The number of fused-ring (bicyclic) bond motifs is 2. The number of anilines is 1. The minimum absolute atomic E-state index is 0.00810. The molecule has 0 aliphatic carbocycles. The molecule has 5 atom stereocenters. The van der Waals surface area contributed by atoms with Crippen LogP contribution in [0, 0.1) is 5.92 Å². The van der Waals surface area contributed by atoms with E-state index in [1.54, 1.807) is 41.3 Å². The molecule has 2 fully saturated rings. The van der Waals surface area contributed by atoms with Gasteiger partial charge in [-0.05, 0) is 74.0 Å². The third kappa shape index (κ3) is 5.56. The lowest BCUT2D eigenvalue weighted by molar-refractivity contribution is -0.150. The molecule has 3 aromatic rings. The molecule has 0 unspecified atom stereocenters. The van der Waals surface area contributed by atoms with Crippen LogP contribution in [0.4, 0.5) is 5.69 Å². The number of pyridine rings is 1. The Hall–Kier alpha value is -3.97. The van der Waals surface area contributed by atoms with E-state index in [1.807, 2.05) is 56.4 Å². The van der Waals surface area contributed by atoms with Gasteiger partial charge in [-0.3, -0.25) is 19.0 Å². The molecule has 3 aliphatic rings. The Bertz CT molecular complexity index is 1740. The van der Waals surface area contributed by atoms with Crippen molar-refractivity contribution in [1.29, 1.82) is 0 Å². The summed E-state index contributed by atoms with van der Waals surface area (Å²) in [6.45, 7) is 6.26. The van der Waals surface area contributed by atoms with Gasteiger partial charge in [-0.25, -0.2) is 0 Å². The number of rotatable bonds is 9. The molecule has 2 aromatic carbocycles. The fourth-order valence-electron chi connectivity index (χ4n) is 8.00. The second-order valence-electron chi connectivity index (χ2n) is 13.3. The topological polar surface area (TPSA) is 131 Å². The lowest BCUT2D eigenvalue weighted by atomic mass is 9.82. The van der Waals surface area contributed by atoms with Crippen molar-refractivity contribution in [2.75, 3.05) is 32.3 Å². The monoisotopic (exact) mass is 661 g/mol. The Balaban J connectivity index is 1.38. The number of carbonyl (C=O) groups is 2. The average Bonchev–Trinajstić information content (AvgIpc) is 3.71. The van der Waals surface area contributed by atoms with Crippen molar-refractivity contribution in [1.82, 2.24) is 9.47 Å². The summed E-state index contributed by atoms with van der Waals surface area (Å²) in [7, 11) is 0.0255. The zero-order valence-corrected chi connectivity index (χ0v) is 28.5. The van der Waals surface area contributed by atoms with Crippen molar-refractivity contribution in [3.8, 4) is 17.2 Å². The Morgan fingerprint density at radius 2 is 1.87 bits per heavy atom. The summed E-state index contributed by atoms with van der Waals surface area (Å²) in [6, 6.07) is 16.0. The Morgan fingerprint density at radius 3 is 2.57 bits per heavy atom. The Labute approximate surface area is 275 Å². The van der Waals surface area contributed by atoms with Gasteiger partial charge in [0.15, 0.2) is 19.7 Å². The SMILES string of the molecule is COc1ccc2c(c1)[C@]1(O[C@@H](CC(=O)N3CCC[C@H]3CO)[C@H]([Si](C)(C)O)[C@H]1C)C(=O)N2Cc1cccc(-n2cccc(OC)c2=O)c1. The summed E-state index contributed by atoms with van der Waals surface area (Å²) >= 11 is 0. The van der Waals surface area contributed by atoms with Crippen LogP contribution in [0.15, 0.2) is 65.6 Å². The molecule has 1 spiro atoms. The first-order valence-electron chi connectivity index (χ1n) is 16.1. The van der Waals surface area contributed by atoms with Crippen molar-refractivity contribution in [3.63, 3.8) is 0 Å². The van der Waals surface area contributed by atoms with Crippen LogP contribution >= 0.6 is 0 Å². The van der Waals surface area contributed by atoms with E-state index < -0.39 is 31.5 Å². The van der Waals surface area contributed by atoms with Gasteiger partial charge in [0.25, 0.3) is 11.5 Å². The van der Waals surface area contributed by atoms with Gasteiger partial charge in [-0.2, -0.15) is 0 Å². The van der Waals surface area contributed by atoms with E-state index in [-0.39, 0.29) is 48.7 Å². The normalized spacial score (nSPS) is 25.5. The standard InChI is InChI=1S/C35H43N3O8Si/c1-22-32(47(4,5)43)30(19-31(40)36-15-7-11-25(36)21-39)46-35(22)27-18-26(44-2)13-14-28(27)38(34(35)42)20-23-9-6-10-24(17-23)37-16-8-12-29(45-3)33(37)41/h6,8-10,12-14,16-18,22,25,30,32,39,43H,7,11,15,19-21H2,1-5H3/t22-,25+,30+,32-,35+/m1/s1. The first-order valence-corrected chi connectivity index (χ1v) is 19.1. The van der Waals surface area contributed by atoms with Gasteiger partial charge in [0.05, 0.1) is 51.6 Å². The maximum atomic E-state index is 14.8. The van der Waals surface area contributed by atoms with E-state index in [4.69, 9.17) is 14.2 Å². The number of hydrogen-bond acceptors (Lipinski definition) is 8. The molecule has 2 N–H and O–H groups in total. The van der Waals surface area contributed by atoms with Crippen LogP contribution in [0.3, 0.4) is 0 Å². The van der Waals surface area contributed by atoms with Gasteiger partial charge in [0.2, 0.25) is 5.91 Å². The minimum atomic E-state index is -2.99. The molecule has 0 radical (unpaired) electrons. The summed E-state index contributed by atoms with van der Waals surface area (Å²) < 4.78 is 19.2. The van der Waals surface area contributed by atoms with E-state index in [0.29, 0.717) is 29.2 Å². The third-order valence-corrected chi connectivity index (χ3v) is 12.6. The minimum Gasteiger partial charge on any atom is -0.497 e. The molecule has 2 saturated heterocycles. The zero-order chi connectivity index (χ0) is 33.7. The molecular weight excluding hydrogens is 618 g/mol. The zero-order valence-electron chi connectivity index (χ0n) is 27.5. The number of likely N-dealkylation sites (tertiary alicyclic amines) is 1. The van der Waals surface area contributed by atoms with E-state index >= 15 is 0 Å². The maximum absolute atomic E-state index is 14.8. The van der Waals surface area contributed by atoms with E-state index in [9.17, 15) is 24.3 Å². The fourth-order valence-corrected chi connectivity index (χ4v) is 10.6. The smallest absolute Gasteiger partial charge is 0.297 e. The molecule has 6 rings (SSSR count). The van der Waals surface area contributed by atoms with Gasteiger partial charge in [-0.15, -0.1) is 0 Å². The highest BCUT2D eigenvalue weighted by Crippen LogP contribution is 2.60. The molecular formula is C35H43N3O8Si. The van der Waals surface area contributed by atoms with Crippen molar-refractivity contribution in [2.24, 2.45) is 5.92 Å². The second kappa shape index (κ2) is 12.6. The number of aromatic nitrogens is 1.